The van der Waals surface area contributed by atoms with E-state index in [1.54, 1.807) is 0 Å². The second kappa shape index (κ2) is 5.90. The van der Waals surface area contributed by atoms with Gasteiger partial charge < -0.3 is 0 Å². The number of pyridine rings is 1. The van der Waals surface area contributed by atoms with Gasteiger partial charge in [0, 0.05) is 11.6 Å². The molecule has 1 aromatic heterocycles. The van der Waals surface area contributed by atoms with E-state index in [0.717, 1.165) is 11.4 Å². The maximum absolute atomic E-state index is 5.89. The van der Waals surface area contributed by atoms with Crippen LogP contribution in [0.4, 0.5) is 0 Å². The molecule has 3 unspecified atom stereocenters. The highest BCUT2D eigenvalue weighted by molar-refractivity contribution is 5.82. The van der Waals surface area contributed by atoms with Crippen LogP contribution in [0, 0.1) is 11.8 Å². The van der Waals surface area contributed by atoms with Crippen LogP contribution >= 0.6 is 0 Å². The first-order valence-corrected chi connectivity index (χ1v) is 7.59. The van der Waals surface area contributed by atoms with Crippen LogP contribution in [0.5, 0.6) is 0 Å². The van der Waals surface area contributed by atoms with Gasteiger partial charge in [-0.1, -0.05) is 44.0 Å². The Labute approximate surface area is 120 Å². The van der Waals surface area contributed by atoms with Gasteiger partial charge >= 0.3 is 0 Å². The van der Waals surface area contributed by atoms with Crippen molar-refractivity contribution in [1.82, 2.24) is 10.4 Å². The fourth-order valence-electron chi connectivity index (χ4n) is 3.64. The van der Waals surface area contributed by atoms with Gasteiger partial charge in [-0.3, -0.25) is 16.3 Å². The lowest BCUT2D eigenvalue weighted by Gasteiger charge is -2.33. The van der Waals surface area contributed by atoms with E-state index >= 15 is 0 Å². The van der Waals surface area contributed by atoms with Crippen molar-refractivity contribution in [3.8, 4) is 0 Å². The smallest absolute Gasteiger partial charge is 0.0750 e. The van der Waals surface area contributed by atoms with Gasteiger partial charge in [-0.2, -0.15) is 0 Å². The van der Waals surface area contributed by atoms with E-state index in [9.17, 15) is 0 Å². The number of aromatic nitrogens is 1. The van der Waals surface area contributed by atoms with Crippen molar-refractivity contribution in [1.29, 1.82) is 0 Å². The molecule has 1 saturated carbocycles. The molecule has 0 aliphatic heterocycles. The summed E-state index contributed by atoms with van der Waals surface area (Å²) in [6.45, 7) is 2.35. The van der Waals surface area contributed by atoms with Gasteiger partial charge in [0.25, 0.3) is 0 Å². The first kappa shape index (κ1) is 13.5. The molecule has 3 rings (SSSR count). The lowest BCUT2D eigenvalue weighted by molar-refractivity contribution is 0.225. The number of benzene rings is 1. The molecule has 2 aromatic rings. The predicted molar refractivity (Wildman–Crippen MR) is 82.9 cm³/mol. The number of fused-ring (bicyclic) bond motifs is 1. The molecule has 20 heavy (non-hydrogen) atoms. The van der Waals surface area contributed by atoms with Gasteiger partial charge in [0.1, 0.15) is 0 Å². The molecular formula is C17H23N3. The summed E-state index contributed by atoms with van der Waals surface area (Å²) in [5, 5.41) is 1.19. The van der Waals surface area contributed by atoms with E-state index in [1.165, 1.54) is 36.6 Å². The summed E-state index contributed by atoms with van der Waals surface area (Å²) in [4.78, 5) is 4.57. The Hall–Kier alpha value is -1.45. The summed E-state index contributed by atoms with van der Waals surface area (Å²) in [7, 11) is 0. The van der Waals surface area contributed by atoms with E-state index < -0.39 is 0 Å². The lowest BCUT2D eigenvalue weighted by atomic mass is 9.76. The molecule has 3 nitrogen and oxygen atoms in total. The van der Waals surface area contributed by atoms with Crippen molar-refractivity contribution in [2.24, 2.45) is 17.7 Å². The van der Waals surface area contributed by atoms with E-state index in [2.05, 4.69) is 41.6 Å². The standard InChI is InChI=1S/C17H23N3/c1-12-5-2-7-14(11-12)17(20-18)15-9-3-6-13-8-4-10-19-16(13)15/h3-4,6,8-10,12,14,17,20H,2,5,7,11,18H2,1H3. The largest absolute Gasteiger partial charge is 0.271 e. The van der Waals surface area contributed by atoms with Crippen molar-refractivity contribution in [2.45, 2.75) is 38.6 Å². The maximum Gasteiger partial charge on any atom is 0.0750 e. The number of hydrazine groups is 1. The Balaban J connectivity index is 1.98. The summed E-state index contributed by atoms with van der Waals surface area (Å²) < 4.78 is 0. The third-order valence-corrected chi connectivity index (χ3v) is 4.63. The molecule has 1 aromatic carbocycles. The molecular weight excluding hydrogens is 246 g/mol. The van der Waals surface area contributed by atoms with Crippen molar-refractivity contribution in [3.63, 3.8) is 0 Å². The summed E-state index contributed by atoms with van der Waals surface area (Å²) >= 11 is 0. The van der Waals surface area contributed by atoms with Gasteiger partial charge in [0.2, 0.25) is 0 Å². The van der Waals surface area contributed by atoms with E-state index in [0.29, 0.717) is 5.92 Å². The maximum atomic E-state index is 5.89. The molecule has 3 atom stereocenters. The molecule has 3 N–H and O–H groups in total. The van der Waals surface area contributed by atoms with Crippen LogP contribution in [-0.2, 0) is 0 Å². The Kier molecular flexibility index (Phi) is 3.99. The number of hydrogen-bond donors (Lipinski definition) is 2. The molecule has 0 bridgehead atoms. The molecule has 0 amide bonds. The number of rotatable bonds is 3. The van der Waals surface area contributed by atoms with Gasteiger partial charge in [-0.15, -0.1) is 0 Å². The van der Waals surface area contributed by atoms with Crippen LogP contribution in [-0.4, -0.2) is 4.98 Å². The van der Waals surface area contributed by atoms with E-state index in [1.807, 2.05) is 12.3 Å². The first-order valence-electron chi connectivity index (χ1n) is 7.59. The Morgan fingerprint density at radius 3 is 2.90 bits per heavy atom. The fourth-order valence-corrected chi connectivity index (χ4v) is 3.64. The van der Waals surface area contributed by atoms with Crippen LogP contribution < -0.4 is 11.3 Å². The number of para-hydroxylation sites is 1. The minimum atomic E-state index is 0.205. The third-order valence-electron chi connectivity index (χ3n) is 4.63. The number of nitrogens with two attached hydrogens (primary N) is 1. The molecule has 1 fully saturated rings. The minimum absolute atomic E-state index is 0.205. The molecule has 1 heterocycles. The van der Waals surface area contributed by atoms with Crippen LogP contribution in [0.15, 0.2) is 36.5 Å². The zero-order chi connectivity index (χ0) is 13.9. The quantitative estimate of drug-likeness (QED) is 0.661. The highest BCUT2D eigenvalue weighted by atomic mass is 15.2. The topological polar surface area (TPSA) is 50.9 Å². The van der Waals surface area contributed by atoms with Gasteiger partial charge in [-0.05, 0) is 36.3 Å². The minimum Gasteiger partial charge on any atom is -0.271 e. The van der Waals surface area contributed by atoms with Crippen LogP contribution in [0.25, 0.3) is 10.9 Å². The SMILES string of the molecule is CC1CCCC(C(NN)c2cccc3cccnc23)C1. The Bertz CT molecular complexity index is 576. The average Bonchev–Trinajstić information content (AvgIpc) is 2.48. The molecule has 106 valence electrons. The monoisotopic (exact) mass is 269 g/mol. The molecule has 1 aliphatic carbocycles. The number of hydrogen-bond acceptors (Lipinski definition) is 3. The van der Waals surface area contributed by atoms with Crippen molar-refractivity contribution in [3.05, 3.63) is 42.1 Å². The van der Waals surface area contributed by atoms with Crippen molar-refractivity contribution >= 4 is 10.9 Å². The molecule has 0 spiro atoms. The molecule has 0 saturated heterocycles. The van der Waals surface area contributed by atoms with Gasteiger partial charge in [0.15, 0.2) is 0 Å². The molecule has 1 aliphatic rings. The van der Waals surface area contributed by atoms with E-state index in [-0.39, 0.29) is 6.04 Å². The summed E-state index contributed by atoms with van der Waals surface area (Å²) in [6, 6.07) is 10.7. The Morgan fingerprint density at radius 1 is 1.25 bits per heavy atom. The first-order chi connectivity index (χ1) is 9.79. The van der Waals surface area contributed by atoms with Crippen LogP contribution in [0.3, 0.4) is 0 Å². The second-order valence-electron chi connectivity index (χ2n) is 6.10. The lowest BCUT2D eigenvalue weighted by Crippen LogP contribution is -2.35. The number of nitrogens with one attached hydrogen (secondary N) is 1. The second-order valence-corrected chi connectivity index (χ2v) is 6.10. The normalized spacial score (nSPS) is 24.7. The van der Waals surface area contributed by atoms with E-state index in [4.69, 9.17) is 5.84 Å². The van der Waals surface area contributed by atoms with Crippen LogP contribution in [0.2, 0.25) is 0 Å². The third kappa shape index (κ3) is 2.56. The van der Waals surface area contributed by atoms with Crippen molar-refractivity contribution in [2.75, 3.05) is 0 Å². The summed E-state index contributed by atoms with van der Waals surface area (Å²) in [5.74, 6) is 7.30. The zero-order valence-corrected chi connectivity index (χ0v) is 12.0. The number of nitrogens with zero attached hydrogens (tertiary/aromatic N) is 1. The molecule has 3 heteroatoms. The summed E-state index contributed by atoms with van der Waals surface area (Å²) in [6.07, 6.45) is 7.02. The molecule has 0 radical (unpaired) electrons. The Morgan fingerprint density at radius 2 is 2.10 bits per heavy atom. The van der Waals surface area contributed by atoms with Crippen molar-refractivity contribution < 1.29 is 0 Å². The van der Waals surface area contributed by atoms with Crippen LogP contribution in [0.1, 0.15) is 44.2 Å². The van der Waals surface area contributed by atoms with Gasteiger partial charge in [-0.25, -0.2) is 0 Å². The van der Waals surface area contributed by atoms with Gasteiger partial charge in [0.05, 0.1) is 11.6 Å². The fraction of sp³-hybridized carbons (Fsp3) is 0.471. The summed E-state index contributed by atoms with van der Waals surface area (Å²) in [5.41, 5.74) is 5.38. The predicted octanol–water partition coefficient (Wildman–Crippen LogP) is 3.57. The zero-order valence-electron chi connectivity index (χ0n) is 12.0. The average molecular weight is 269 g/mol. The highest BCUT2D eigenvalue weighted by Gasteiger charge is 2.28. The highest BCUT2D eigenvalue weighted by Crippen LogP contribution is 2.38.